The monoisotopic (exact) mass is 294 g/mol. The van der Waals surface area contributed by atoms with E-state index in [2.05, 4.69) is 29.3 Å². The number of carbonyl (C=O) groups is 1. The number of nitrogens with one attached hydrogen (secondary N) is 1. The van der Waals surface area contributed by atoms with Crippen molar-refractivity contribution in [3.8, 4) is 0 Å². The van der Waals surface area contributed by atoms with Gasteiger partial charge in [-0.3, -0.25) is 0 Å². The van der Waals surface area contributed by atoms with E-state index in [1.54, 1.807) is 0 Å². The number of urea groups is 1. The van der Waals surface area contributed by atoms with Crippen LogP contribution in [0.5, 0.6) is 0 Å². The van der Waals surface area contributed by atoms with Crippen molar-refractivity contribution in [3.63, 3.8) is 0 Å². The third-order valence-electron chi connectivity index (χ3n) is 4.01. The fourth-order valence-corrected chi connectivity index (χ4v) is 2.69. The molecule has 1 aromatic rings. The van der Waals surface area contributed by atoms with Crippen molar-refractivity contribution >= 4 is 6.03 Å². The SMILES string of the molecule is CC(C)c1noc(CCNC(=O)N2CC[C@@H](C)C[C@@H]2C)n1. The highest BCUT2D eigenvalue weighted by Crippen LogP contribution is 2.21. The summed E-state index contributed by atoms with van der Waals surface area (Å²) in [5.74, 6) is 2.26. The van der Waals surface area contributed by atoms with E-state index in [0.29, 0.717) is 30.8 Å². The molecule has 1 aromatic heterocycles. The van der Waals surface area contributed by atoms with E-state index < -0.39 is 0 Å². The predicted molar refractivity (Wildman–Crippen MR) is 80.1 cm³/mol. The van der Waals surface area contributed by atoms with Crippen molar-refractivity contribution in [1.29, 1.82) is 0 Å². The second kappa shape index (κ2) is 6.91. The molecule has 6 nitrogen and oxygen atoms in total. The molecular formula is C15H26N4O2. The maximum absolute atomic E-state index is 12.2. The van der Waals surface area contributed by atoms with Crippen LogP contribution in [0.2, 0.25) is 0 Å². The van der Waals surface area contributed by atoms with Gasteiger partial charge in [-0.05, 0) is 25.7 Å². The summed E-state index contributed by atoms with van der Waals surface area (Å²) in [5.41, 5.74) is 0. The average Bonchev–Trinajstić information content (AvgIpc) is 2.87. The Morgan fingerprint density at radius 3 is 2.86 bits per heavy atom. The predicted octanol–water partition coefficient (Wildman–Crippen LogP) is 2.57. The summed E-state index contributed by atoms with van der Waals surface area (Å²) in [6.07, 6.45) is 2.73. The van der Waals surface area contributed by atoms with Crippen LogP contribution in [-0.2, 0) is 6.42 Å². The fourth-order valence-electron chi connectivity index (χ4n) is 2.69. The molecule has 0 aromatic carbocycles. The van der Waals surface area contributed by atoms with Gasteiger partial charge in [0.15, 0.2) is 5.82 Å². The van der Waals surface area contributed by atoms with Crippen LogP contribution in [0.1, 0.15) is 58.2 Å². The molecule has 0 unspecified atom stereocenters. The second-order valence-corrected chi connectivity index (χ2v) is 6.35. The van der Waals surface area contributed by atoms with Crippen molar-refractivity contribution in [3.05, 3.63) is 11.7 Å². The molecule has 0 aliphatic carbocycles. The minimum atomic E-state index is 0.0120. The Hall–Kier alpha value is -1.59. The highest BCUT2D eigenvalue weighted by Gasteiger charge is 2.26. The van der Waals surface area contributed by atoms with Gasteiger partial charge in [0.25, 0.3) is 0 Å². The standard InChI is InChI=1S/C15H26N4O2/c1-10(2)14-17-13(21-18-14)5-7-16-15(20)19-8-6-11(3)9-12(19)4/h10-12H,5-9H2,1-4H3,(H,16,20)/t11-,12+/m1/s1. The van der Waals surface area contributed by atoms with Crippen LogP contribution in [0, 0.1) is 5.92 Å². The molecule has 0 bridgehead atoms. The Balaban J connectivity index is 1.76. The Labute approximate surface area is 126 Å². The van der Waals surface area contributed by atoms with E-state index in [9.17, 15) is 4.79 Å². The molecule has 2 atom stereocenters. The number of likely N-dealkylation sites (tertiary alicyclic amines) is 1. The van der Waals surface area contributed by atoms with Crippen LogP contribution in [0.3, 0.4) is 0 Å². The zero-order valence-electron chi connectivity index (χ0n) is 13.4. The molecule has 6 heteroatoms. The lowest BCUT2D eigenvalue weighted by molar-refractivity contribution is 0.139. The number of hydrogen-bond donors (Lipinski definition) is 1. The van der Waals surface area contributed by atoms with Crippen LogP contribution < -0.4 is 5.32 Å². The van der Waals surface area contributed by atoms with Gasteiger partial charge in [0, 0.05) is 31.5 Å². The average molecular weight is 294 g/mol. The Bertz CT molecular complexity index is 472. The summed E-state index contributed by atoms with van der Waals surface area (Å²) in [5, 5.41) is 6.86. The zero-order valence-corrected chi connectivity index (χ0v) is 13.4. The Morgan fingerprint density at radius 2 is 2.24 bits per heavy atom. The first-order valence-electron chi connectivity index (χ1n) is 7.84. The molecule has 1 aliphatic rings. The first-order valence-corrected chi connectivity index (χ1v) is 7.84. The normalized spacial score (nSPS) is 22.6. The number of amides is 2. The van der Waals surface area contributed by atoms with E-state index in [1.165, 1.54) is 0 Å². The molecule has 0 radical (unpaired) electrons. The van der Waals surface area contributed by atoms with Gasteiger partial charge in [0.1, 0.15) is 0 Å². The van der Waals surface area contributed by atoms with Gasteiger partial charge in [-0.25, -0.2) is 4.79 Å². The van der Waals surface area contributed by atoms with Crippen molar-refractivity contribution < 1.29 is 9.32 Å². The summed E-state index contributed by atoms with van der Waals surface area (Å²) in [7, 11) is 0. The summed E-state index contributed by atoms with van der Waals surface area (Å²) in [4.78, 5) is 18.4. The van der Waals surface area contributed by atoms with Crippen LogP contribution in [0.15, 0.2) is 4.52 Å². The molecule has 2 heterocycles. The molecule has 118 valence electrons. The summed E-state index contributed by atoms with van der Waals surface area (Å²) in [6.45, 7) is 9.77. The van der Waals surface area contributed by atoms with Gasteiger partial charge in [0.05, 0.1) is 0 Å². The first-order chi connectivity index (χ1) is 9.97. The number of carbonyl (C=O) groups excluding carboxylic acids is 1. The Kier molecular flexibility index (Phi) is 5.20. The number of nitrogens with zero attached hydrogens (tertiary/aromatic N) is 3. The molecule has 1 N–H and O–H groups in total. The molecule has 1 saturated heterocycles. The third-order valence-corrected chi connectivity index (χ3v) is 4.01. The van der Waals surface area contributed by atoms with Gasteiger partial charge in [-0.15, -0.1) is 0 Å². The lowest BCUT2D eigenvalue weighted by Gasteiger charge is -2.36. The molecule has 2 rings (SSSR count). The van der Waals surface area contributed by atoms with E-state index in [-0.39, 0.29) is 11.9 Å². The van der Waals surface area contributed by atoms with E-state index >= 15 is 0 Å². The van der Waals surface area contributed by atoms with Crippen LogP contribution in [0.4, 0.5) is 4.79 Å². The van der Waals surface area contributed by atoms with Crippen molar-refractivity contribution in [2.24, 2.45) is 5.92 Å². The van der Waals surface area contributed by atoms with Crippen LogP contribution in [0.25, 0.3) is 0 Å². The van der Waals surface area contributed by atoms with E-state index in [4.69, 9.17) is 4.52 Å². The quantitative estimate of drug-likeness (QED) is 0.926. The van der Waals surface area contributed by atoms with Gasteiger partial charge >= 0.3 is 6.03 Å². The lowest BCUT2D eigenvalue weighted by Crippen LogP contribution is -2.49. The van der Waals surface area contributed by atoms with Crippen molar-refractivity contribution in [2.75, 3.05) is 13.1 Å². The van der Waals surface area contributed by atoms with Gasteiger partial charge < -0.3 is 14.7 Å². The number of piperidine rings is 1. The minimum absolute atomic E-state index is 0.0120. The smallest absolute Gasteiger partial charge is 0.317 e. The summed E-state index contributed by atoms with van der Waals surface area (Å²) in [6, 6.07) is 0.322. The summed E-state index contributed by atoms with van der Waals surface area (Å²) < 4.78 is 5.16. The Morgan fingerprint density at radius 1 is 1.48 bits per heavy atom. The maximum atomic E-state index is 12.2. The minimum Gasteiger partial charge on any atom is -0.339 e. The van der Waals surface area contributed by atoms with Crippen molar-refractivity contribution in [2.45, 2.75) is 58.9 Å². The largest absolute Gasteiger partial charge is 0.339 e. The van der Waals surface area contributed by atoms with Gasteiger partial charge in [-0.2, -0.15) is 4.98 Å². The maximum Gasteiger partial charge on any atom is 0.317 e. The fraction of sp³-hybridized carbons (Fsp3) is 0.800. The molecule has 0 saturated carbocycles. The first kappa shape index (κ1) is 15.8. The zero-order chi connectivity index (χ0) is 15.4. The van der Waals surface area contributed by atoms with Crippen LogP contribution in [-0.4, -0.2) is 40.2 Å². The van der Waals surface area contributed by atoms with Crippen molar-refractivity contribution in [1.82, 2.24) is 20.4 Å². The molecule has 21 heavy (non-hydrogen) atoms. The summed E-state index contributed by atoms with van der Waals surface area (Å²) >= 11 is 0. The molecule has 2 amide bonds. The van der Waals surface area contributed by atoms with Gasteiger partial charge in [-0.1, -0.05) is 25.9 Å². The number of rotatable bonds is 4. The molecule has 1 aliphatic heterocycles. The van der Waals surface area contributed by atoms with Crippen LogP contribution >= 0.6 is 0 Å². The number of aromatic nitrogens is 2. The second-order valence-electron chi connectivity index (χ2n) is 6.35. The van der Waals surface area contributed by atoms with E-state index in [1.807, 2.05) is 18.7 Å². The van der Waals surface area contributed by atoms with E-state index in [0.717, 1.165) is 25.2 Å². The third kappa shape index (κ3) is 4.19. The topological polar surface area (TPSA) is 71.3 Å². The molecule has 1 fully saturated rings. The molecular weight excluding hydrogens is 268 g/mol. The number of hydrogen-bond acceptors (Lipinski definition) is 4. The highest BCUT2D eigenvalue weighted by molar-refractivity contribution is 5.74. The molecule has 0 spiro atoms. The lowest BCUT2D eigenvalue weighted by atomic mass is 9.94. The highest BCUT2D eigenvalue weighted by atomic mass is 16.5. The van der Waals surface area contributed by atoms with Gasteiger partial charge in [0.2, 0.25) is 5.89 Å².